The average Bonchev–Trinajstić information content (AvgIpc) is 3.36. The van der Waals surface area contributed by atoms with E-state index in [1.54, 1.807) is 6.26 Å². The van der Waals surface area contributed by atoms with Crippen LogP contribution in [0.1, 0.15) is 49.5 Å². The molecule has 1 aliphatic heterocycles. The van der Waals surface area contributed by atoms with Crippen molar-refractivity contribution in [2.75, 3.05) is 26.2 Å². The van der Waals surface area contributed by atoms with Gasteiger partial charge in [-0.25, -0.2) is 4.79 Å². The van der Waals surface area contributed by atoms with Gasteiger partial charge in [0.05, 0.1) is 12.3 Å². The molecule has 1 atom stereocenters. The number of hydrogen-bond acceptors (Lipinski definition) is 3. The normalized spacial score (nSPS) is 20.0. The molecular weight excluding hydrogens is 338 g/mol. The molecule has 27 heavy (non-hydrogen) atoms. The largest absolute Gasteiger partial charge is 0.468 e. The van der Waals surface area contributed by atoms with Crippen molar-refractivity contribution < 1.29 is 9.21 Å². The first-order valence-electron chi connectivity index (χ1n) is 10.1. The Balaban J connectivity index is 1.32. The summed E-state index contributed by atoms with van der Waals surface area (Å²) < 4.78 is 5.63. The highest BCUT2D eigenvalue weighted by Gasteiger charge is 2.38. The quantitative estimate of drug-likeness (QED) is 0.782. The topological polar surface area (TPSA) is 57.5 Å². The summed E-state index contributed by atoms with van der Waals surface area (Å²) in [6.07, 6.45) is 7.64. The number of hydrogen-bond donors (Lipinski definition) is 2. The Bertz CT molecular complexity index is 719. The Hall–Kier alpha value is -2.27. The van der Waals surface area contributed by atoms with Crippen LogP contribution in [0.25, 0.3) is 0 Å². The fraction of sp³-hybridized carbons (Fsp3) is 0.500. The fourth-order valence-corrected chi connectivity index (χ4v) is 4.41. The van der Waals surface area contributed by atoms with E-state index in [9.17, 15) is 4.79 Å². The molecule has 2 heterocycles. The Labute approximate surface area is 161 Å². The Morgan fingerprint density at radius 2 is 1.81 bits per heavy atom. The van der Waals surface area contributed by atoms with E-state index in [1.165, 1.54) is 24.8 Å². The van der Waals surface area contributed by atoms with Gasteiger partial charge in [0.25, 0.3) is 0 Å². The molecule has 5 heteroatoms. The molecule has 0 bridgehead atoms. The third kappa shape index (κ3) is 4.03. The number of carbonyl (C=O) groups excluding carboxylic acids is 1. The van der Waals surface area contributed by atoms with Crippen LogP contribution in [0.2, 0.25) is 0 Å². The third-order valence-corrected chi connectivity index (χ3v) is 6.19. The van der Waals surface area contributed by atoms with Crippen molar-refractivity contribution in [1.29, 1.82) is 0 Å². The van der Waals surface area contributed by atoms with Gasteiger partial charge in [-0.15, -0.1) is 0 Å². The predicted octanol–water partition coefficient (Wildman–Crippen LogP) is 3.84. The summed E-state index contributed by atoms with van der Waals surface area (Å²) in [6, 6.07) is 14.5. The minimum Gasteiger partial charge on any atom is -0.468 e. The molecule has 2 aliphatic rings. The second kappa shape index (κ2) is 8.17. The number of urea groups is 1. The molecule has 2 fully saturated rings. The van der Waals surface area contributed by atoms with E-state index in [0.717, 1.165) is 31.7 Å². The summed E-state index contributed by atoms with van der Waals surface area (Å²) in [5, 5.41) is 6.18. The highest BCUT2D eigenvalue weighted by molar-refractivity contribution is 5.74. The van der Waals surface area contributed by atoms with Crippen LogP contribution >= 0.6 is 0 Å². The fourth-order valence-electron chi connectivity index (χ4n) is 4.41. The second-order valence-corrected chi connectivity index (χ2v) is 7.84. The van der Waals surface area contributed by atoms with Gasteiger partial charge in [0.15, 0.2) is 0 Å². The molecule has 1 saturated heterocycles. The number of rotatable bonds is 7. The monoisotopic (exact) mass is 367 g/mol. The minimum absolute atomic E-state index is 0.0899. The van der Waals surface area contributed by atoms with Crippen molar-refractivity contribution >= 4 is 6.03 Å². The number of carbonyl (C=O) groups is 1. The van der Waals surface area contributed by atoms with Crippen LogP contribution in [0.5, 0.6) is 0 Å². The van der Waals surface area contributed by atoms with Gasteiger partial charge in [-0.2, -0.15) is 0 Å². The molecule has 2 amide bonds. The minimum atomic E-state index is -0.0899. The maximum Gasteiger partial charge on any atom is 0.314 e. The molecule has 1 unspecified atom stereocenters. The van der Waals surface area contributed by atoms with Gasteiger partial charge in [-0.1, -0.05) is 36.8 Å². The van der Waals surface area contributed by atoms with E-state index in [-0.39, 0.29) is 17.5 Å². The summed E-state index contributed by atoms with van der Waals surface area (Å²) in [5.74, 6) is 0.928. The van der Waals surface area contributed by atoms with Crippen LogP contribution < -0.4 is 10.6 Å². The van der Waals surface area contributed by atoms with E-state index in [4.69, 9.17) is 4.42 Å². The third-order valence-electron chi connectivity index (χ3n) is 6.19. The predicted molar refractivity (Wildman–Crippen MR) is 106 cm³/mol. The zero-order valence-electron chi connectivity index (χ0n) is 15.8. The van der Waals surface area contributed by atoms with E-state index in [0.29, 0.717) is 13.1 Å². The molecule has 2 aromatic rings. The molecule has 0 spiro atoms. The van der Waals surface area contributed by atoms with Gasteiger partial charge in [0.2, 0.25) is 0 Å². The first-order valence-corrected chi connectivity index (χ1v) is 10.1. The van der Waals surface area contributed by atoms with E-state index in [2.05, 4.69) is 39.8 Å². The van der Waals surface area contributed by atoms with Crippen molar-refractivity contribution in [2.24, 2.45) is 0 Å². The number of amides is 2. The molecule has 5 nitrogen and oxygen atoms in total. The lowest BCUT2D eigenvalue weighted by atomic mass is 9.64. The van der Waals surface area contributed by atoms with E-state index in [1.807, 2.05) is 18.2 Å². The van der Waals surface area contributed by atoms with Crippen LogP contribution in [0.3, 0.4) is 0 Å². The second-order valence-electron chi connectivity index (χ2n) is 7.84. The summed E-state index contributed by atoms with van der Waals surface area (Å²) in [6.45, 7) is 3.38. The number of furan rings is 1. The van der Waals surface area contributed by atoms with Crippen molar-refractivity contribution in [3.8, 4) is 0 Å². The van der Waals surface area contributed by atoms with Crippen LogP contribution in [0.4, 0.5) is 4.79 Å². The zero-order chi connectivity index (χ0) is 18.5. The van der Waals surface area contributed by atoms with Crippen molar-refractivity contribution in [2.45, 2.75) is 43.6 Å². The maximum atomic E-state index is 12.5. The van der Waals surface area contributed by atoms with Crippen LogP contribution in [0.15, 0.2) is 53.1 Å². The SMILES string of the molecule is O=C(NCC(c1ccco1)N1CCCC1)NCC1(c2ccccc2)CCC1. The average molecular weight is 367 g/mol. The highest BCUT2D eigenvalue weighted by atomic mass is 16.3. The molecule has 1 aromatic carbocycles. The number of benzene rings is 1. The van der Waals surface area contributed by atoms with Gasteiger partial charge < -0.3 is 15.1 Å². The van der Waals surface area contributed by atoms with Crippen molar-refractivity contribution in [1.82, 2.24) is 15.5 Å². The smallest absolute Gasteiger partial charge is 0.314 e. The number of nitrogens with one attached hydrogen (secondary N) is 2. The standard InChI is InChI=1S/C22H29N3O2/c26-21(24-17-22(11-7-12-22)18-8-2-1-3-9-18)23-16-19(20-10-6-15-27-20)25-13-4-5-14-25/h1-3,6,8-10,15,19H,4-5,7,11-14,16-17H2,(H2,23,24,26). The van der Waals surface area contributed by atoms with E-state index < -0.39 is 0 Å². The molecule has 0 radical (unpaired) electrons. The Morgan fingerprint density at radius 3 is 2.44 bits per heavy atom. The summed E-state index contributed by atoms with van der Waals surface area (Å²) in [4.78, 5) is 14.9. The number of likely N-dealkylation sites (tertiary alicyclic amines) is 1. The molecule has 2 N–H and O–H groups in total. The van der Waals surface area contributed by atoms with Crippen molar-refractivity contribution in [3.05, 3.63) is 60.1 Å². The lowest BCUT2D eigenvalue weighted by Crippen LogP contribution is -2.49. The highest BCUT2D eigenvalue weighted by Crippen LogP contribution is 2.43. The van der Waals surface area contributed by atoms with Gasteiger partial charge in [-0.05, 0) is 56.5 Å². The molecule has 1 saturated carbocycles. The summed E-state index contributed by atoms with van der Waals surface area (Å²) in [5.41, 5.74) is 1.44. The molecular formula is C22H29N3O2. The zero-order valence-corrected chi connectivity index (χ0v) is 15.8. The molecule has 144 valence electrons. The Morgan fingerprint density at radius 1 is 1.04 bits per heavy atom. The van der Waals surface area contributed by atoms with E-state index >= 15 is 0 Å². The molecule has 1 aromatic heterocycles. The summed E-state index contributed by atoms with van der Waals surface area (Å²) in [7, 11) is 0. The first-order chi connectivity index (χ1) is 13.3. The first kappa shape index (κ1) is 18.1. The summed E-state index contributed by atoms with van der Waals surface area (Å²) >= 11 is 0. The van der Waals surface area contributed by atoms with Crippen LogP contribution in [-0.4, -0.2) is 37.1 Å². The Kier molecular flexibility index (Phi) is 5.48. The van der Waals surface area contributed by atoms with Gasteiger partial charge in [0, 0.05) is 18.5 Å². The van der Waals surface area contributed by atoms with Gasteiger partial charge >= 0.3 is 6.03 Å². The van der Waals surface area contributed by atoms with Crippen LogP contribution in [0, 0.1) is 0 Å². The van der Waals surface area contributed by atoms with Gasteiger partial charge in [-0.3, -0.25) is 4.90 Å². The maximum absolute atomic E-state index is 12.5. The lowest BCUT2D eigenvalue weighted by Gasteiger charge is -2.42. The van der Waals surface area contributed by atoms with Crippen LogP contribution in [-0.2, 0) is 5.41 Å². The molecule has 4 rings (SSSR count). The van der Waals surface area contributed by atoms with Crippen molar-refractivity contribution in [3.63, 3.8) is 0 Å². The molecule has 1 aliphatic carbocycles. The number of nitrogens with zero attached hydrogens (tertiary/aromatic N) is 1. The lowest BCUT2D eigenvalue weighted by molar-refractivity contribution is 0.196. The van der Waals surface area contributed by atoms with Gasteiger partial charge in [0.1, 0.15) is 5.76 Å².